The van der Waals surface area contributed by atoms with Gasteiger partial charge in [-0.05, 0) is 41.8 Å². The molecule has 2 unspecified atom stereocenters. The molecule has 1 aromatic heterocycles. The summed E-state index contributed by atoms with van der Waals surface area (Å²) >= 11 is 5.78. The van der Waals surface area contributed by atoms with E-state index in [9.17, 15) is 17.6 Å². The Hall–Kier alpha value is -2.79. The molecule has 1 saturated heterocycles. The number of carbonyl (C=O) groups is 1. The summed E-state index contributed by atoms with van der Waals surface area (Å²) in [4.78, 5) is 12.9. The second-order valence-electron chi connectivity index (χ2n) is 7.59. The number of aryl methyl sites for hydroxylation is 1. The maximum absolute atomic E-state index is 13.4. The Morgan fingerprint density at radius 3 is 2.69 bits per heavy atom. The van der Waals surface area contributed by atoms with Crippen LogP contribution in [0.5, 0.6) is 0 Å². The predicted octanol–water partition coefficient (Wildman–Crippen LogP) is 3.10. The van der Waals surface area contributed by atoms with E-state index in [2.05, 4.69) is 15.1 Å². The Kier molecular flexibility index (Phi) is 6.04. The van der Waals surface area contributed by atoms with Crippen LogP contribution in [-0.2, 0) is 22.1 Å². The van der Waals surface area contributed by atoms with Crippen LogP contribution in [-0.4, -0.2) is 41.5 Å². The highest BCUT2D eigenvalue weighted by atomic mass is 35.5. The van der Waals surface area contributed by atoms with E-state index in [1.54, 1.807) is 10.9 Å². The standard InChI is InChI=1S/C21H21ClFN5O3S/c1-27-12-15(11-24-27)13-4-3-5-14(8-13)19-10-20(28(2)32(30,31)26-19)21(29)25-16-6-7-18(23)17(22)9-16/h3-9,11-12,19-20,26H,10H2,1-2H3,(H,25,29). The molecule has 2 atom stereocenters. The third kappa shape index (κ3) is 4.53. The van der Waals surface area contributed by atoms with E-state index in [1.165, 1.54) is 19.2 Å². The number of rotatable bonds is 4. The Morgan fingerprint density at radius 2 is 2.00 bits per heavy atom. The van der Waals surface area contributed by atoms with Crippen LogP contribution in [0.25, 0.3) is 11.1 Å². The smallest absolute Gasteiger partial charge is 0.280 e. The highest BCUT2D eigenvalue weighted by Crippen LogP contribution is 2.31. The van der Waals surface area contributed by atoms with Crippen LogP contribution in [0.1, 0.15) is 18.0 Å². The van der Waals surface area contributed by atoms with Crippen molar-refractivity contribution in [1.29, 1.82) is 0 Å². The molecule has 2 heterocycles. The van der Waals surface area contributed by atoms with Gasteiger partial charge in [0.15, 0.2) is 0 Å². The minimum atomic E-state index is -3.91. The third-order valence-electron chi connectivity index (χ3n) is 5.39. The van der Waals surface area contributed by atoms with Gasteiger partial charge in [-0.1, -0.05) is 29.8 Å². The minimum absolute atomic E-state index is 0.140. The zero-order valence-electron chi connectivity index (χ0n) is 17.3. The van der Waals surface area contributed by atoms with E-state index in [4.69, 9.17) is 11.6 Å². The van der Waals surface area contributed by atoms with Crippen LogP contribution < -0.4 is 10.0 Å². The van der Waals surface area contributed by atoms with Crippen LogP contribution in [0.2, 0.25) is 5.02 Å². The molecule has 2 N–H and O–H groups in total. The van der Waals surface area contributed by atoms with Gasteiger partial charge >= 0.3 is 0 Å². The molecule has 0 bridgehead atoms. The minimum Gasteiger partial charge on any atom is -0.325 e. The molecule has 0 aliphatic carbocycles. The van der Waals surface area contributed by atoms with Crippen molar-refractivity contribution >= 4 is 33.4 Å². The Bertz CT molecular complexity index is 1280. The second-order valence-corrected chi connectivity index (χ2v) is 9.76. The zero-order valence-corrected chi connectivity index (χ0v) is 18.9. The van der Waals surface area contributed by atoms with Crippen LogP contribution in [0, 0.1) is 5.82 Å². The third-order valence-corrected chi connectivity index (χ3v) is 7.27. The fraction of sp³-hybridized carbons (Fsp3) is 0.238. The lowest BCUT2D eigenvalue weighted by molar-refractivity contribution is -0.120. The first-order valence-corrected chi connectivity index (χ1v) is 11.6. The van der Waals surface area contributed by atoms with Crippen LogP contribution in [0.4, 0.5) is 10.1 Å². The highest BCUT2D eigenvalue weighted by molar-refractivity contribution is 7.87. The molecule has 0 saturated carbocycles. The van der Waals surface area contributed by atoms with Crippen molar-refractivity contribution in [1.82, 2.24) is 18.8 Å². The molecule has 0 radical (unpaired) electrons. The lowest BCUT2D eigenvalue weighted by Crippen LogP contribution is -2.55. The summed E-state index contributed by atoms with van der Waals surface area (Å²) < 4.78 is 44.2. The number of carbonyl (C=O) groups excluding carboxylic acids is 1. The van der Waals surface area contributed by atoms with E-state index in [1.807, 2.05) is 37.5 Å². The maximum atomic E-state index is 13.4. The van der Waals surface area contributed by atoms with E-state index in [0.717, 1.165) is 27.1 Å². The SMILES string of the molecule is CN1C(C(=O)Nc2ccc(F)c(Cl)c2)CC(c2cccc(-c3cnn(C)c3)c2)NS1(=O)=O. The van der Waals surface area contributed by atoms with Gasteiger partial charge in [-0.25, -0.2) is 4.39 Å². The number of anilines is 1. The van der Waals surface area contributed by atoms with Crippen molar-refractivity contribution in [3.63, 3.8) is 0 Å². The quantitative estimate of drug-likeness (QED) is 0.603. The van der Waals surface area contributed by atoms with Gasteiger partial charge in [-0.3, -0.25) is 9.48 Å². The largest absolute Gasteiger partial charge is 0.325 e. The van der Waals surface area contributed by atoms with E-state index < -0.39 is 34.0 Å². The lowest BCUT2D eigenvalue weighted by Gasteiger charge is -2.36. The first-order chi connectivity index (χ1) is 15.1. The molecule has 3 aromatic rings. The molecular weight excluding hydrogens is 457 g/mol. The molecule has 0 spiro atoms. The first-order valence-electron chi connectivity index (χ1n) is 9.74. The van der Waals surface area contributed by atoms with Gasteiger partial charge in [0.25, 0.3) is 10.2 Å². The molecule has 4 rings (SSSR count). The average Bonchev–Trinajstić information content (AvgIpc) is 3.19. The zero-order chi connectivity index (χ0) is 23.0. The van der Waals surface area contributed by atoms with E-state index in [-0.39, 0.29) is 17.1 Å². The van der Waals surface area contributed by atoms with Crippen LogP contribution in [0.3, 0.4) is 0 Å². The summed E-state index contributed by atoms with van der Waals surface area (Å²) in [7, 11) is -0.758. The van der Waals surface area contributed by atoms with E-state index >= 15 is 0 Å². The van der Waals surface area contributed by atoms with Crippen molar-refractivity contribution in [3.05, 3.63) is 71.3 Å². The fourth-order valence-electron chi connectivity index (χ4n) is 3.63. The van der Waals surface area contributed by atoms with Crippen molar-refractivity contribution in [2.45, 2.75) is 18.5 Å². The predicted molar refractivity (Wildman–Crippen MR) is 120 cm³/mol. The number of hydrogen-bond acceptors (Lipinski definition) is 4. The molecule has 1 fully saturated rings. The van der Waals surface area contributed by atoms with Crippen LogP contribution in [0.15, 0.2) is 54.9 Å². The molecule has 1 aliphatic rings. The Morgan fingerprint density at radius 1 is 1.22 bits per heavy atom. The number of benzene rings is 2. The lowest BCUT2D eigenvalue weighted by atomic mass is 9.96. The van der Waals surface area contributed by atoms with Gasteiger partial charge in [0.1, 0.15) is 11.9 Å². The van der Waals surface area contributed by atoms with Crippen molar-refractivity contribution < 1.29 is 17.6 Å². The Balaban J connectivity index is 1.60. The van der Waals surface area contributed by atoms with Gasteiger partial charge < -0.3 is 5.32 Å². The van der Waals surface area contributed by atoms with Crippen LogP contribution >= 0.6 is 11.6 Å². The van der Waals surface area contributed by atoms with E-state index in [0.29, 0.717) is 0 Å². The number of halogens is 2. The number of nitrogens with zero attached hydrogens (tertiary/aromatic N) is 3. The molecule has 8 nitrogen and oxygen atoms in total. The Labute approximate surface area is 190 Å². The number of aromatic nitrogens is 2. The molecule has 168 valence electrons. The summed E-state index contributed by atoms with van der Waals surface area (Å²) in [5.41, 5.74) is 2.79. The van der Waals surface area contributed by atoms with Crippen molar-refractivity contribution in [2.24, 2.45) is 7.05 Å². The number of likely N-dealkylation sites (N-methyl/N-ethyl adjacent to an activating group) is 1. The van der Waals surface area contributed by atoms with Crippen molar-refractivity contribution in [3.8, 4) is 11.1 Å². The topological polar surface area (TPSA) is 96.3 Å². The monoisotopic (exact) mass is 477 g/mol. The maximum Gasteiger partial charge on any atom is 0.280 e. The summed E-state index contributed by atoms with van der Waals surface area (Å²) in [5, 5.41) is 6.65. The summed E-state index contributed by atoms with van der Waals surface area (Å²) in [6.07, 6.45) is 3.79. The average molecular weight is 478 g/mol. The number of nitrogens with one attached hydrogen (secondary N) is 2. The molecular formula is C21H21ClFN5O3S. The molecule has 1 amide bonds. The van der Waals surface area contributed by atoms with Gasteiger partial charge in [0.2, 0.25) is 5.91 Å². The normalized spacial score (nSPS) is 20.8. The summed E-state index contributed by atoms with van der Waals surface area (Å²) in [6, 6.07) is 9.62. The number of amides is 1. The highest BCUT2D eigenvalue weighted by Gasteiger charge is 2.40. The summed E-state index contributed by atoms with van der Waals surface area (Å²) in [5.74, 6) is -1.14. The first kappa shape index (κ1) is 22.4. The molecule has 1 aliphatic heterocycles. The fourth-order valence-corrected chi connectivity index (χ4v) is 5.09. The van der Waals surface area contributed by atoms with Gasteiger partial charge in [0, 0.05) is 37.6 Å². The molecule has 2 aromatic carbocycles. The van der Waals surface area contributed by atoms with Gasteiger partial charge in [0.05, 0.1) is 11.2 Å². The second kappa shape index (κ2) is 8.62. The summed E-state index contributed by atoms with van der Waals surface area (Å²) in [6.45, 7) is 0. The van der Waals surface area contributed by atoms with Gasteiger partial charge in [-0.15, -0.1) is 0 Å². The molecule has 11 heteroatoms. The van der Waals surface area contributed by atoms with Crippen molar-refractivity contribution in [2.75, 3.05) is 12.4 Å². The molecule has 32 heavy (non-hydrogen) atoms. The van der Waals surface area contributed by atoms with Gasteiger partial charge in [-0.2, -0.15) is 22.5 Å². The number of hydrogen-bond donors (Lipinski definition) is 2.